The maximum Gasteiger partial charge on any atom is 0.424 e. The first kappa shape index (κ1) is 18.7. The monoisotopic (exact) mass is 319 g/mol. The summed E-state index contributed by atoms with van der Waals surface area (Å²) in [6.07, 6.45) is 2.01. The molecule has 2 rings (SSSR count). The molecule has 0 aromatic heterocycles. The van der Waals surface area contributed by atoms with Gasteiger partial charge >= 0.3 is 10.0 Å². The molecule has 3 nitrogen and oxygen atoms in total. The largest absolute Gasteiger partial charge is 0.632 e. The van der Waals surface area contributed by atoms with Crippen molar-refractivity contribution in [2.24, 2.45) is 5.41 Å². The molecule has 0 spiro atoms. The van der Waals surface area contributed by atoms with E-state index < -0.39 is 0 Å². The van der Waals surface area contributed by atoms with Gasteiger partial charge in [-0.2, -0.15) is 0 Å². The van der Waals surface area contributed by atoms with Crippen molar-refractivity contribution in [1.82, 2.24) is 0 Å². The second-order valence-electron chi connectivity index (χ2n) is 6.60. The first-order valence-corrected chi connectivity index (χ1v) is 8.29. The fraction of sp³-hybridized carbons (Fsp3) is 0.500. The summed E-state index contributed by atoms with van der Waals surface area (Å²) in [5.41, 5.74) is 2.47. The molecule has 1 aliphatic heterocycles. The van der Waals surface area contributed by atoms with Crippen LogP contribution < -0.4 is 0 Å². The summed E-state index contributed by atoms with van der Waals surface area (Å²) >= 11 is 0. The van der Waals surface area contributed by atoms with Crippen LogP contribution in [0.2, 0.25) is 0 Å². The van der Waals surface area contributed by atoms with Gasteiger partial charge in [0.15, 0.2) is 0 Å². The zero-order valence-corrected chi connectivity index (χ0v) is 15.7. The Morgan fingerprint density at radius 3 is 2.09 bits per heavy atom. The molecule has 0 saturated carbocycles. The van der Waals surface area contributed by atoms with Crippen molar-refractivity contribution in [2.75, 3.05) is 14.2 Å². The summed E-state index contributed by atoms with van der Waals surface area (Å²) in [4.78, 5) is 0. The van der Waals surface area contributed by atoms with E-state index in [4.69, 9.17) is 8.54 Å². The quantitative estimate of drug-likeness (QED) is 0.601. The van der Waals surface area contributed by atoms with Crippen LogP contribution in [0.15, 0.2) is 36.1 Å². The van der Waals surface area contributed by atoms with Gasteiger partial charge in [0.1, 0.15) is 0 Å². The van der Waals surface area contributed by atoms with Gasteiger partial charge in [0.2, 0.25) is 0 Å². The highest BCUT2D eigenvalue weighted by Gasteiger charge is 2.23. The fourth-order valence-corrected chi connectivity index (χ4v) is 2.60. The number of methoxy groups -OCH3 is 1. The average molecular weight is 319 g/mol. The molecule has 0 saturated heterocycles. The third-order valence-corrected chi connectivity index (χ3v) is 3.77. The molecule has 1 aliphatic rings. The van der Waals surface area contributed by atoms with E-state index >= 15 is 0 Å². The molecule has 0 N–H and O–H groups in total. The van der Waals surface area contributed by atoms with Crippen molar-refractivity contribution in [3.05, 3.63) is 47.2 Å². The van der Waals surface area contributed by atoms with Crippen LogP contribution in [-0.4, -0.2) is 30.0 Å². The van der Waals surface area contributed by atoms with Crippen molar-refractivity contribution >= 4 is 15.8 Å². The third kappa shape index (κ3) is 5.43. The van der Waals surface area contributed by atoms with E-state index in [-0.39, 0.29) is 15.4 Å². The molecule has 0 aliphatic carbocycles. The molecule has 0 unspecified atom stereocenters. The molecular formula is C18H27O3Si. The molecule has 1 aromatic carbocycles. The minimum Gasteiger partial charge on any atom is -0.632 e. The minimum atomic E-state index is 0.0138. The summed E-state index contributed by atoms with van der Waals surface area (Å²) in [5, 5.41) is 0. The summed E-state index contributed by atoms with van der Waals surface area (Å²) in [6, 6.07) is 8.58. The molecule has 4 heteroatoms. The van der Waals surface area contributed by atoms with Gasteiger partial charge in [-0.15, -0.1) is 0 Å². The van der Waals surface area contributed by atoms with Crippen LogP contribution in [0.1, 0.15) is 55.8 Å². The van der Waals surface area contributed by atoms with Crippen molar-refractivity contribution < 1.29 is 13.3 Å². The van der Waals surface area contributed by atoms with Gasteiger partial charge in [-0.25, -0.2) is 0 Å². The van der Waals surface area contributed by atoms with Gasteiger partial charge in [0.25, 0.3) is 5.78 Å². The molecule has 1 radical (unpaired) electrons. The highest BCUT2D eigenvalue weighted by Crippen LogP contribution is 2.28. The summed E-state index contributed by atoms with van der Waals surface area (Å²) < 4.78 is 15.5. The summed E-state index contributed by atoms with van der Waals surface area (Å²) in [5.74, 6) is 2.45. The van der Waals surface area contributed by atoms with Crippen LogP contribution in [0, 0.1) is 5.41 Å². The smallest absolute Gasteiger partial charge is 0.424 e. The molecule has 0 fully saturated rings. The molecule has 0 amide bonds. The highest BCUT2D eigenvalue weighted by atomic mass is 28.2. The number of carbonyl (C=O) groups excluding carboxylic acids is 1. The highest BCUT2D eigenvalue weighted by molar-refractivity contribution is 6.22. The minimum absolute atomic E-state index is 0.0138. The Kier molecular flexibility index (Phi) is 7.03. The molecule has 0 bridgehead atoms. The van der Waals surface area contributed by atoms with Gasteiger partial charge < -0.3 is 13.3 Å². The van der Waals surface area contributed by atoms with Crippen LogP contribution in [-0.2, 0) is 9.16 Å². The second kappa shape index (κ2) is 8.29. The second-order valence-corrected chi connectivity index (χ2v) is 7.17. The Bertz CT molecular complexity index is 522. The molecule has 121 valence electrons. The van der Waals surface area contributed by atoms with Crippen molar-refractivity contribution in [3.8, 4) is 0 Å². The Hall–Kier alpha value is -1.39. The Balaban J connectivity index is 0.000000745. The van der Waals surface area contributed by atoms with E-state index in [2.05, 4.69) is 63.6 Å². The van der Waals surface area contributed by atoms with E-state index in [0.29, 0.717) is 5.92 Å². The average Bonchev–Trinajstić information content (AvgIpc) is 2.47. The van der Waals surface area contributed by atoms with Crippen LogP contribution in [0.3, 0.4) is 0 Å². The van der Waals surface area contributed by atoms with Gasteiger partial charge in [0.05, 0.1) is 17.4 Å². The third-order valence-electron chi connectivity index (χ3n) is 3.17. The number of ketones is 1. The van der Waals surface area contributed by atoms with Gasteiger partial charge in [-0.3, -0.25) is 0 Å². The zero-order valence-electron chi connectivity index (χ0n) is 14.7. The standard InChI is InChI=1S/C16H21O2Si.C2H6O/c1-11(2)12-6-8-13(9-7-12)14-10-15(16(3,4)5)18-19-17-14;1-3-2/h6-11H,1-5H3;1-2H3. The molecule has 1 heterocycles. The van der Waals surface area contributed by atoms with E-state index in [1.54, 1.807) is 14.2 Å². The van der Waals surface area contributed by atoms with E-state index in [1.807, 2.05) is 6.08 Å². The van der Waals surface area contributed by atoms with E-state index in [0.717, 1.165) is 17.1 Å². The summed E-state index contributed by atoms with van der Waals surface area (Å²) in [6.45, 7) is 10.8. The summed E-state index contributed by atoms with van der Waals surface area (Å²) in [7, 11) is 3.30. The van der Waals surface area contributed by atoms with Crippen LogP contribution >= 0.6 is 0 Å². The van der Waals surface area contributed by atoms with Crippen LogP contribution in [0.5, 0.6) is 0 Å². The lowest BCUT2D eigenvalue weighted by Gasteiger charge is -2.27. The topological polar surface area (TPSA) is 29.8 Å². The molecule has 1 aromatic rings. The SMILES string of the molecule is CC(C)c1ccc(C2=[O+][Si-]OC(C(C)(C)C)=C2)cc1.COC. The molecule has 22 heavy (non-hydrogen) atoms. The van der Waals surface area contributed by atoms with E-state index in [9.17, 15) is 0 Å². The number of benzene rings is 1. The normalized spacial score (nSPS) is 14.2. The lowest BCUT2D eigenvalue weighted by atomic mass is 9.92. The predicted octanol–water partition coefficient (Wildman–Crippen LogP) is 4.29. The fourth-order valence-electron chi connectivity index (χ4n) is 1.83. The number of allylic oxidation sites excluding steroid dienone is 2. The predicted molar refractivity (Wildman–Crippen MR) is 92.2 cm³/mol. The molecule has 0 atom stereocenters. The van der Waals surface area contributed by atoms with E-state index in [1.165, 1.54) is 5.56 Å². The van der Waals surface area contributed by atoms with Crippen LogP contribution in [0.25, 0.3) is 0 Å². The van der Waals surface area contributed by atoms with Gasteiger partial charge in [-0.1, -0.05) is 46.8 Å². The van der Waals surface area contributed by atoms with Crippen LogP contribution in [0.4, 0.5) is 0 Å². The first-order valence-electron chi connectivity index (χ1n) is 7.48. The molecular weight excluding hydrogens is 292 g/mol. The maximum absolute atomic E-state index is 5.64. The maximum atomic E-state index is 5.64. The Morgan fingerprint density at radius 1 is 1.09 bits per heavy atom. The van der Waals surface area contributed by atoms with Crippen molar-refractivity contribution in [1.29, 1.82) is 0 Å². The number of hydrogen-bond donors (Lipinski definition) is 0. The van der Waals surface area contributed by atoms with Gasteiger partial charge in [0, 0.05) is 19.6 Å². The lowest BCUT2D eigenvalue weighted by molar-refractivity contribution is -0.109. The number of ether oxygens (including phenoxy) is 1. The number of hydrogen-bond acceptors (Lipinski definition) is 2. The zero-order chi connectivity index (χ0) is 16.8. The van der Waals surface area contributed by atoms with Gasteiger partial charge in [-0.05, 0) is 23.6 Å². The Labute approximate surface area is 137 Å². The first-order chi connectivity index (χ1) is 10.3. The number of rotatable bonds is 2. The lowest BCUT2D eigenvalue weighted by Crippen LogP contribution is -2.20. The Morgan fingerprint density at radius 2 is 1.64 bits per heavy atom. The van der Waals surface area contributed by atoms with Crippen molar-refractivity contribution in [2.45, 2.75) is 40.5 Å². The van der Waals surface area contributed by atoms with Crippen molar-refractivity contribution in [3.63, 3.8) is 0 Å².